The number of nitrogens with zero attached hydrogens (tertiary/aromatic N) is 2. The Balaban J connectivity index is 2.48. The molecule has 0 aliphatic carbocycles. The number of carbonyl (C=O) groups is 2. The second-order valence-corrected chi connectivity index (χ2v) is 11.8. The summed E-state index contributed by atoms with van der Waals surface area (Å²) in [5, 5.41) is 3.60. The van der Waals surface area contributed by atoms with Gasteiger partial charge < -0.3 is 10.2 Å². The maximum absolute atomic E-state index is 13.8. The van der Waals surface area contributed by atoms with Gasteiger partial charge in [-0.2, -0.15) is 0 Å². The largest absolute Gasteiger partial charge is 0.354 e. The monoisotopic (exact) mass is 555 g/mol. The minimum atomic E-state index is -3.79. The lowest BCUT2D eigenvalue weighted by molar-refractivity contribution is -0.140. The molecule has 36 heavy (non-hydrogen) atoms. The summed E-state index contributed by atoms with van der Waals surface area (Å²) in [7, 11) is -3.79. The zero-order chi connectivity index (χ0) is 27.0. The molecule has 0 aliphatic rings. The van der Waals surface area contributed by atoms with E-state index in [0.717, 1.165) is 16.1 Å². The number of benzene rings is 2. The van der Waals surface area contributed by atoms with Gasteiger partial charge in [0.15, 0.2) is 0 Å². The maximum atomic E-state index is 13.8. The molecule has 1 atom stereocenters. The molecule has 7 nitrogen and oxygen atoms in total. The highest BCUT2D eigenvalue weighted by molar-refractivity contribution is 7.92. The van der Waals surface area contributed by atoms with Crippen molar-refractivity contribution >= 4 is 50.7 Å². The lowest BCUT2D eigenvalue weighted by atomic mass is 10.1. The van der Waals surface area contributed by atoms with E-state index >= 15 is 0 Å². The average molecular weight is 557 g/mol. The van der Waals surface area contributed by atoms with Gasteiger partial charge in [-0.15, -0.1) is 0 Å². The van der Waals surface area contributed by atoms with E-state index < -0.39 is 28.5 Å². The minimum Gasteiger partial charge on any atom is -0.354 e. The number of sulfonamides is 1. The van der Waals surface area contributed by atoms with Crippen LogP contribution in [0.2, 0.25) is 10.0 Å². The summed E-state index contributed by atoms with van der Waals surface area (Å²) >= 11 is 12.2. The summed E-state index contributed by atoms with van der Waals surface area (Å²) in [6, 6.07) is 11.3. The van der Waals surface area contributed by atoms with E-state index in [0.29, 0.717) is 40.7 Å². The van der Waals surface area contributed by atoms with Crippen LogP contribution in [0.4, 0.5) is 5.69 Å². The molecule has 0 unspecified atom stereocenters. The van der Waals surface area contributed by atoms with Crippen LogP contribution in [0.15, 0.2) is 42.5 Å². The SMILES string of the molecule is CCc1ccccc1N(CC(=O)N(Cc1ccc(Cl)c(Cl)c1)[C@@H](CC)C(=O)NCC(C)C)S(C)(=O)=O. The molecule has 2 rings (SSSR count). The molecular weight excluding hydrogens is 521 g/mol. The van der Waals surface area contributed by atoms with E-state index in [4.69, 9.17) is 23.2 Å². The van der Waals surface area contributed by atoms with E-state index in [1.165, 1.54) is 4.90 Å². The molecule has 0 bridgehead atoms. The number of nitrogens with one attached hydrogen (secondary N) is 1. The predicted molar refractivity (Wildman–Crippen MR) is 147 cm³/mol. The van der Waals surface area contributed by atoms with Crippen molar-refractivity contribution in [3.63, 3.8) is 0 Å². The average Bonchev–Trinajstić information content (AvgIpc) is 2.82. The minimum absolute atomic E-state index is 0.0658. The Labute approximate surface area is 224 Å². The van der Waals surface area contributed by atoms with Crippen molar-refractivity contribution in [1.29, 1.82) is 0 Å². The third-order valence-electron chi connectivity index (χ3n) is 5.73. The Morgan fingerprint density at radius 1 is 1.03 bits per heavy atom. The van der Waals surface area contributed by atoms with E-state index in [-0.39, 0.29) is 18.4 Å². The fourth-order valence-electron chi connectivity index (χ4n) is 3.82. The van der Waals surface area contributed by atoms with Gasteiger partial charge in [-0.3, -0.25) is 13.9 Å². The highest BCUT2D eigenvalue weighted by Gasteiger charge is 2.32. The third kappa shape index (κ3) is 8.11. The van der Waals surface area contributed by atoms with Crippen LogP contribution in [0.5, 0.6) is 0 Å². The quantitative estimate of drug-likeness (QED) is 0.403. The molecule has 0 spiro atoms. The van der Waals surface area contributed by atoms with Crippen molar-refractivity contribution < 1.29 is 18.0 Å². The molecule has 2 aromatic carbocycles. The van der Waals surface area contributed by atoms with Gasteiger partial charge in [0.25, 0.3) is 0 Å². The Kier molecular flexibility index (Phi) is 11.1. The number of para-hydroxylation sites is 1. The summed E-state index contributed by atoms with van der Waals surface area (Å²) in [6.45, 7) is 7.79. The number of halogens is 2. The van der Waals surface area contributed by atoms with Crippen molar-refractivity contribution in [1.82, 2.24) is 10.2 Å². The number of carbonyl (C=O) groups excluding carboxylic acids is 2. The number of rotatable bonds is 12. The standard InChI is InChI=1S/C26H35Cl2N3O4S/c1-6-20-10-8-9-11-24(20)31(36(5,34)35)17-25(32)30(16-19-12-13-21(27)22(28)14-19)23(7-2)26(33)29-15-18(3)4/h8-14,18,23H,6-7,15-17H2,1-5H3,(H,29,33)/t23-/m0/s1. The molecule has 2 aromatic rings. The summed E-state index contributed by atoms with van der Waals surface area (Å²) < 4.78 is 26.7. The van der Waals surface area contributed by atoms with Gasteiger partial charge in [0.1, 0.15) is 12.6 Å². The molecule has 198 valence electrons. The molecule has 0 fully saturated rings. The zero-order valence-corrected chi connectivity index (χ0v) is 23.8. The van der Waals surface area contributed by atoms with E-state index in [1.54, 1.807) is 30.3 Å². The van der Waals surface area contributed by atoms with Crippen LogP contribution in [0.1, 0.15) is 45.2 Å². The van der Waals surface area contributed by atoms with Gasteiger partial charge in [-0.25, -0.2) is 8.42 Å². The van der Waals surface area contributed by atoms with E-state index in [2.05, 4.69) is 5.32 Å². The van der Waals surface area contributed by atoms with Crippen LogP contribution >= 0.6 is 23.2 Å². The predicted octanol–water partition coefficient (Wildman–Crippen LogP) is 4.90. The van der Waals surface area contributed by atoms with Gasteiger partial charge in [0.2, 0.25) is 21.8 Å². The Hall–Kier alpha value is -2.29. The number of aryl methyl sites for hydroxylation is 1. The number of anilines is 1. The van der Waals surface area contributed by atoms with Crippen molar-refractivity contribution in [2.75, 3.05) is 23.7 Å². The first-order chi connectivity index (χ1) is 16.9. The molecule has 1 N–H and O–H groups in total. The lowest BCUT2D eigenvalue weighted by Gasteiger charge is -2.33. The molecule has 0 aromatic heterocycles. The van der Waals surface area contributed by atoms with Crippen LogP contribution in [0, 0.1) is 5.92 Å². The highest BCUT2D eigenvalue weighted by Crippen LogP contribution is 2.26. The van der Waals surface area contributed by atoms with Crippen LogP contribution in [-0.2, 0) is 32.6 Å². The molecule has 0 radical (unpaired) electrons. The van der Waals surface area contributed by atoms with E-state index in [1.807, 2.05) is 39.8 Å². The molecular formula is C26H35Cl2N3O4S. The van der Waals surface area contributed by atoms with Crippen LogP contribution in [0.3, 0.4) is 0 Å². The molecule has 0 saturated heterocycles. The van der Waals surface area contributed by atoms with Crippen LogP contribution < -0.4 is 9.62 Å². The second kappa shape index (κ2) is 13.3. The van der Waals surface area contributed by atoms with Crippen molar-refractivity contribution in [2.24, 2.45) is 5.92 Å². The second-order valence-electron chi connectivity index (χ2n) is 9.09. The van der Waals surface area contributed by atoms with Gasteiger partial charge in [-0.1, -0.05) is 75.2 Å². The van der Waals surface area contributed by atoms with Crippen molar-refractivity contribution in [2.45, 2.75) is 53.1 Å². The number of hydrogen-bond donors (Lipinski definition) is 1. The maximum Gasteiger partial charge on any atom is 0.244 e. The first kappa shape index (κ1) is 29.9. The summed E-state index contributed by atoms with van der Waals surface area (Å²) in [6.07, 6.45) is 2.02. The zero-order valence-electron chi connectivity index (χ0n) is 21.4. The Morgan fingerprint density at radius 3 is 2.25 bits per heavy atom. The summed E-state index contributed by atoms with van der Waals surface area (Å²) in [4.78, 5) is 28.3. The molecule has 10 heteroatoms. The molecule has 2 amide bonds. The fraction of sp³-hybridized carbons (Fsp3) is 0.462. The molecule has 0 aliphatic heterocycles. The lowest BCUT2D eigenvalue weighted by Crippen LogP contribution is -2.52. The normalized spacial score (nSPS) is 12.3. The smallest absolute Gasteiger partial charge is 0.244 e. The summed E-state index contributed by atoms with van der Waals surface area (Å²) in [5.41, 5.74) is 1.92. The topological polar surface area (TPSA) is 86.8 Å². The first-order valence-corrected chi connectivity index (χ1v) is 14.6. The molecule has 0 heterocycles. The summed E-state index contributed by atoms with van der Waals surface area (Å²) in [5.74, 6) is -0.555. The van der Waals surface area contributed by atoms with E-state index in [9.17, 15) is 18.0 Å². The van der Waals surface area contributed by atoms with Gasteiger partial charge in [-0.05, 0) is 48.1 Å². The van der Waals surface area contributed by atoms with Crippen LogP contribution in [0.25, 0.3) is 0 Å². The van der Waals surface area contributed by atoms with Crippen LogP contribution in [-0.4, -0.2) is 50.5 Å². The van der Waals surface area contributed by atoms with Gasteiger partial charge in [0, 0.05) is 13.1 Å². The Bertz CT molecular complexity index is 1170. The van der Waals surface area contributed by atoms with Gasteiger partial charge in [0.05, 0.1) is 22.0 Å². The Morgan fingerprint density at radius 2 is 1.69 bits per heavy atom. The van der Waals surface area contributed by atoms with Gasteiger partial charge >= 0.3 is 0 Å². The third-order valence-corrected chi connectivity index (χ3v) is 7.59. The fourth-order valence-corrected chi connectivity index (χ4v) is 5.03. The van der Waals surface area contributed by atoms with Crippen molar-refractivity contribution in [3.8, 4) is 0 Å². The number of hydrogen-bond acceptors (Lipinski definition) is 4. The highest BCUT2D eigenvalue weighted by atomic mass is 35.5. The number of amides is 2. The molecule has 0 saturated carbocycles. The first-order valence-electron chi connectivity index (χ1n) is 12.0. The van der Waals surface area contributed by atoms with Crippen molar-refractivity contribution in [3.05, 3.63) is 63.6 Å².